The molecule has 0 aromatic heterocycles. The Hall–Kier alpha value is -1.53. The molecule has 0 radical (unpaired) electrons. The van der Waals surface area contributed by atoms with Gasteiger partial charge in [0.2, 0.25) is 0 Å². The second kappa shape index (κ2) is 6.52. The summed E-state index contributed by atoms with van der Waals surface area (Å²) in [5.41, 5.74) is -0.903. The summed E-state index contributed by atoms with van der Waals surface area (Å²) < 4.78 is 34.1. The Bertz CT molecular complexity index is 637. The van der Waals surface area contributed by atoms with Crippen molar-refractivity contribution in [3.8, 4) is 0 Å². The summed E-state index contributed by atoms with van der Waals surface area (Å²) in [6, 6.07) is 0. The van der Waals surface area contributed by atoms with Gasteiger partial charge in [0.1, 0.15) is 11.8 Å². The number of Topliss-reactive ketones (excluding diaryl/α,β-unsaturated/α-hetero) is 1. The SMILES string of the molecule is O=C1C2CC3CC1CC(C(=O)OC(C1CCCCC1)C(F)(F)C(=O)[O-])(C3)C2. The summed E-state index contributed by atoms with van der Waals surface area (Å²) in [7, 11) is 0. The van der Waals surface area contributed by atoms with Gasteiger partial charge in [-0.25, -0.2) is 0 Å². The molecule has 0 aliphatic heterocycles. The molecule has 150 valence electrons. The summed E-state index contributed by atoms with van der Waals surface area (Å²) >= 11 is 0. The van der Waals surface area contributed by atoms with Gasteiger partial charge in [0.05, 0.1) is 5.41 Å². The molecule has 4 bridgehead atoms. The quantitative estimate of drug-likeness (QED) is 0.680. The Balaban J connectivity index is 1.57. The first kappa shape index (κ1) is 18.8. The smallest absolute Gasteiger partial charge is 0.323 e. The number of rotatable bonds is 5. The molecular weight excluding hydrogens is 358 g/mol. The van der Waals surface area contributed by atoms with E-state index < -0.39 is 35.3 Å². The van der Waals surface area contributed by atoms with Crippen LogP contribution in [0.2, 0.25) is 0 Å². The van der Waals surface area contributed by atoms with Crippen molar-refractivity contribution >= 4 is 17.7 Å². The monoisotopic (exact) mass is 383 g/mol. The molecule has 0 heterocycles. The fraction of sp³-hybridized carbons (Fsp3) is 0.850. The van der Waals surface area contributed by atoms with Gasteiger partial charge in [0, 0.05) is 17.8 Å². The van der Waals surface area contributed by atoms with E-state index in [1.54, 1.807) is 0 Å². The van der Waals surface area contributed by atoms with Gasteiger partial charge in [0.15, 0.2) is 6.10 Å². The van der Waals surface area contributed by atoms with Crippen LogP contribution in [0.1, 0.15) is 64.2 Å². The summed E-state index contributed by atoms with van der Waals surface area (Å²) in [6.07, 6.45) is 3.99. The van der Waals surface area contributed by atoms with Crippen LogP contribution in [-0.4, -0.2) is 29.7 Å². The van der Waals surface area contributed by atoms with Gasteiger partial charge >= 0.3 is 11.9 Å². The fourth-order valence-electron chi connectivity index (χ4n) is 6.26. The van der Waals surface area contributed by atoms with E-state index in [9.17, 15) is 28.3 Å². The summed E-state index contributed by atoms with van der Waals surface area (Å²) in [4.78, 5) is 36.4. The lowest BCUT2D eigenvalue weighted by Crippen LogP contribution is -2.58. The number of hydrogen-bond acceptors (Lipinski definition) is 5. The standard InChI is InChI=1S/C20H26F2O5/c21-20(22,17(24)25)16(12-4-2-1-3-5-12)27-18(26)19-8-11-6-13(9-19)15(23)14(7-11)10-19/h11-14,16H,1-10H2,(H,24,25)/p-1. The zero-order chi connectivity index (χ0) is 19.4. The number of carbonyl (C=O) groups excluding carboxylic acids is 3. The van der Waals surface area contributed by atoms with Crippen molar-refractivity contribution in [1.82, 2.24) is 0 Å². The predicted molar refractivity (Wildman–Crippen MR) is 87.4 cm³/mol. The second-order valence-electron chi connectivity index (χ2n) is 9.16. The molecule has 5 fully saturated rings. The van der Waals surface area contributed by atoms with E-state index in [-0.39, 0.29) is 23.5 Å². The van der Waals surface area contributed by atoms with E-state index in [1.165, 1.54) is 0 Å². The summed E-state index contributed by atoms with van der Waals surface area (Å²) in [5.74, 6) is -8.03. The van der Waals surface area contributed by atoms with E-state index in [4.69, 9.17) is 4.74 Å². The van der Waals surface area contributed by atoms with Gasteiger partial charge < -0.3 is 14.6 Å². The van der Waals surface area contributed by atoms with Crippen LogP contribution >= 0.6 is 0 Å². The topological polar surface area (TPSA) is 83.5 Å². The number of carbonyl (C=O) groups is 3. The van der Waals surface area contributed by atoms with Crippen LogP contribution in [0.25, 0.3) is 0 Å². The lowest BCUT2D eigenvalue weighted by Gasteiger charge is -2.54. The third-order valence-corrected chi connectivity index (χ3v) is 7.37. The molecule has 0 amide bonds. The number of carboxylic acids is 1. The Kier molecular flexibility index (Phi) is 4.54. The molecule has 0 saturated heterocycles. The van der Waals surface area contributed by atoms with Crippen molar-refractivity contribution in [2.24, 2.45) is 29.1 Å². The Labute approximate surface area is 156 Å². The molecule has 27 heavy (non-hydrogen) atoms. The third-order valence-electron chi connectivity index (χ3n) is 7.37. The minimum absolute atomic E-state index is 0.182. The molecule has 3 atom stereocenters. The van der Waals surface area contributed by atoms with Crippen molar-refractivity contribution in [3.05, 3.63) is 0 Å². The normalized spacial score (nSPS) is 37.3. The minimum atomic E-state index is -4.21. The van der Waals surface area contributed by atoms with Crippen molar-refractivity contribution < 1.29 is 33.0 Å². The number of ether oxygens (including phenoxy) is 1. The largest absolute Gasteiger partial charge is 0.544 e. The highest BCUT2D eigenvalue weighted by Crippen LogP contribution is 2.59. The number of hydrogen-bond donors (Lipinski definition) is 0. The van der Waals surface area contributed by atoms with Crippen molar-refractivity contribution in [2.45, 2.75) is 76.2 Å². The van der Waals surface area contributed by atoms with Gasteiger partial charge in [0.25, 0.3) is 0 Å². The predicted octanol–water partition coefficient (Wildman–Crippen LogP) is 2.26. The molecule has 5 aliphatic carbocycles. The molecule has 0 aromatic rings. The van der Waals surface area contributed by atoms with E-state index in [1.807, 2.05) is 0 Å². The zero-order valence-electron chi connectivity index (χ0n) is 15.3. The minimum Gasteiger partial charge on any atom is -0.544 e. The first-order chi connectivity index (χ1) is 12.7. The second-order valence-corrected chi connectivity index (χ2v) is 9.16. The van der Waals surface area contributed by atoms with Gasteiger partial charge in [-0.3, -0.25) is 9.59 Å². The highest BCUT2D eigenvalue weighted by atomic mass is 19.3. The van der Waals surface area contributed by atoms with Crippen LogP contribution in [0.4, 0.5) is 8.78 Å². The Morgan fingerprint density at radius 3 is 2.22 bits per heavy atom. The maximum atomic E-state index is 14.4. The van der Waals surface area contributed by atoms with Crippen LogP contribution < -0.4 is 5.11 Å². The van der Waals surface area contributed by atoms with Crippen LogP contribution in [0.5, 0.6) is 0 Å². The number of halogens is 2. The fourth-order valence-corrected chi connectivity index (χ4v) is 6.26. The Morgan fingerprint density at radius 1 is 1.07 bits per heavy atom. The summed E-state index contributed by atoms with van der Waals surface area (Å²) in [6.45, 7) is 0. The van der Waals surface area contributed by atoms with E-state index in [2.05, 4.69) is 0 Å². The zero-order valence-corrected chi connectivity index (χ0v) is 15.3. The van der Waals surface area contributed by atoms with Gasteiger partial charge in [-0.15, -0.1) is 0 Å². The molecule has 0 spiro atoms. The summed E-state index contributed by atoms with van der Waals surface area (Å²) in [5, 5.41) is 11.1. The van der Waals surface area contributed by atoms with Crippen molar-refractivity contribution in [2.75, 3.05) is 0 Å². The molecule has 5 aliphatic rings. The lowest BCUT2D eigenvalue weighted by molar-refractivity contribution is -0.338. The molecule has 7 heteroatoms. The van der Waals surface area contributed by atoms with Gasteiger partial charge in [-0.1, -0.05) is 19.3 Å². The lowest BCUT2D eigenvalue weighted by atomic mass is 9.49. The molecule has 3 unspecified atom stereocenters. The molecular formula is C20H25F2O5-. The van der Waals surface area contributed by atoms with Crippen LogP contribution in [0.15, 0.2) is 0 Å². The average Bonchev–Trinajstić information content (AvgIpc) is 2.63. The average molecular weight is 383 g/mol. The first-order valence-corrected chi connectivity index (χ1v) is 10.1. The molecule has 5 rings (SSSR count). The molecule has 5 nitrogen and oxygen atoms in total. The van der Waals surface area contributed by atoms with E-state index in [0.29, 0.717) is 44.9 Å². The number of alkyl halides is 2. The Morgan fingerprint density at radius 2 is 1.67 bits per heavy atom. The van der Waals surface area contributed by atoms with Crippen LogP contribution in [-0.2, 0) is 19.1 Å². The van der Waals surface area contributed by atoms with Crippen LogP contribution in [0.3, 0.4) is 0 Å². The first-order valence-electron chi connectivity index (χ1n) is 10.1. The number of aliphatic carboxylic acids is 1. The van der Waals surface area contributed by atoms with Crippen molar-refractivity contribution in [1.29, 1.82) is 0 Å². The third kappa shape index (κ3) is 3.07. The number of esters is 1. The molecule has 0 aromatic carbocycles. The van der Waals surface area contributed by atoms with Gasteiger partial charge in [-0.05, 0) is 50.9 Å². The van der Waals surface area contributed by atoms with Crippen LogP contribution in [0, 0.1) is 29.1 Å². The maximum Gasteiger partial charge on any atom is 0.323 e. The maximum absolute atomic E-state index is 14.4. The van der Waals surface area contributed by atoms with Crippen molar-refractivity contribution in [3.63, 3.8) is 0 Å². The number of carboxylic acid groups (broad SMARTS) is 1. The highest BCUT2D eigenvalue weighted by molar-refractivity contribution is 5.90. The highest BCUT2D eigenvalue weighted by Gasteiger charge is 2.60. The molecule has 0 N–H and O–H groups in total. The number of ketones is 1. The molecule has 5 saturated carbocycles. The van der Waals surface area contributed by atoms with E-state index in [0.717, 1.165) is 19.3 Å². The van der Waals surface area contributed by atoms with Gasteiger partial charge in [-0.2, -0.15) is 8.78 Å². The van der Waals surface area contributed by atoms with E-state index >= 15 is 0 Å².